The van der Waals surface area contributed by atoms with Gasteiger partial charge in [0.1, 0.15) is 0 Å². The highest BCUT2D eigenvalue weighted by molar-refractivity contribution is 4.96. The van der Waals surface area contributed by atoms with Crippen molar-refractivity contribution in [1.82, 2.24) is 4.90 Å². The average Bonchev–Trinajstić information content (AvgIpc) is 1.88. The second-order valence-corrected chi connectivity index (χ2v) is 2.35. The van der Waals surface area contributed by atoms with E-state index in [-0.39, 0.29) is 6.10 Å². The summed E-state index contributed by atoms with van der Waals surface area (Å²) in [7, 11) is 0. The number of aliphatic hydroxyl groups is 1. The molecule has 1 atom stereocenters. The van der Waals surface area contributed by atoms with Crippen molar-refractivity contribution >= 4 is 0 Å². The number of rotatable bonds is 1. The lowest BCUT2D eigenvalue weighted by Crippen LogP contribution is -2.34. The normalized spacial score (nSPS) is 28.9. The SMILES string of the molecule is CCN1CC=CC(O)C1. The first-order valence-electron chi connectivity index (χ1n) is 3.40. The van der Waals surface area contributed by atoms with Gasteiger partial charge in [-0.2, -0.15) is 0 Å². The zero-order valence-electron chi connectivity index (χ0n) is 5.75. The summed E-state index contributed by atoms with van der Waals surface area (Å²) in [6, 6.07) is 0. The van der Waals surface area contributed by atoms with Gasteiger partial charge in [-0.25, -0.2) is 0 Å². The third-order valence-corrected chi connectivity index (χ3v) is 1.61. The van der Waals surface area contributed by atoms with Crippen LogP contribution in [-0.2, 0) is 0 Å². The summed E-state index contributed by atoms with van der Waals surface area (Å²) in [5.41, 5.74) is 0. The lowest BCUT2D eigenvalue weighted by atomic mass is 10.2. The van der Waals surface area contributed by atoms with Gasteiger partial charge in [-0.05, 0) is 6.54 Å². The van der Waals surface area contributed by atoms with E-state index in [4.69, 9.17) is 5.11 Å². The van der Waals surface area contributed by atoms with Crippen LogP contribution >= 0.6 is 0 Å². The van der Waals surface area contributed by atoms with Crippen LogP contribution in [0.25, 0.3) is 0 Å². The number of hydrogen-bond acceptors (Lipinski definition) is 2. The quantitative estimate of drug-likeness (QED) is 0.510. The standard InChI is InChI=1S/C7H13NO/c1-2-8-5-3-4-7(9)6-8/h3-4,7,9H,2,5-6H2,1H3. The highest BCUT2D eigenvalue weighted by Gasteiger charge is 2.09. The first kappa shape index (κ1) is 6.78. The van der Waals surface area contributed by atoms with Crippen LogP contribution in [0.5, 0.6) is 0 Å². The Hall–Kier alpha value is -0.340. The molecule has 0 aromatic heterocycles. The molecule has 0 aliphatic carbocycles. The Kier molecular flexibility index (Phi) is 2.25. The van der Waals surface area contributed by atoms with Gasteiger partial charge in [-0.1, -0.05) is 19.1 Å². The number of likely N-dealkylation sites (N-methyl/N-ethyl adjacent to an activating group) is 1. The number of nitrogens with zero attached hydrogens (tertiary/aromatic N) is 1. The van der Waals surface area contributed by atoms with Gasteiger partial charge in [-0.3, -0.25) is 4.90 Å². The molecule has 9 heavy (non-hydrogen) atoms. The minimum atomic E-state index is -0.237. The zero-order valence-corrected chi connectivity index (χ0v) is 5.75. The molecular formula is C7H13NO. The molecule has 0 bridgehead atoms. The van der Waals surface area contributed by atoms with Crippen molar-refractivity contribution in [3.63, 3.8) is 0 Å². The minimum absolute atomic E-state index is 0.237. The van der Waals surface area contributed by atoms with Crippen molar-refractivity contribution in [2.24, 2.45) is 0 Å². The van der Waals surface area contributed by atoms with Crippen LogP contribution in [0.2, 0.25) is 0 Å². The topological polar surface area (TPSA) is 23.5 Å². The number of hydrogen-bond donors (Lipinski definition) is 1. The minimum Gasteiger partial charge on any atom is -0.388 e. The fourth-order valence-corrected chi connectivity index (χ4v) is 1.03. The zero-order chi connectivity index (χ0) is 6.69. The van der Waals surface area contributed by atoms with Crippen LogP contribution in [-0.4, -0.2) is 35.7 Å². The first-order valence-corrected chi connectivity index (χ1v) is 3.40. The Labute approximate surface area is 55.8 Å². The lowest BCUT2D eigenvalue weighted by Gasteiger charge is -2.24. The van der Waals surface area contributed by atoms with Gasteiger partial charge in [0, 0.05) is 13.1 Å². The second-order valence-electron chi connectivity index (χ2n) is 2.35. The van der Waals surface area contributed by atoms with Gasteiger partial charge < -0.3 is 5.11 Å². The van der Waals surface area contributed by atoms with Gasteiger partial charge in [0.05, 0.1) is 6.10 Å². The van der Waals surface area contributed by atoms with Crippen LogP contribution in [0.15, 0.2) is 12.2 Å². The molecule has 0 amide bonds. The molecule has 0 aromatic carbocycles. The summed E-state index contributed by atoms with van der Waals surface area (Å²) in [6.07, 6.45) is 3.63. The summed E-state index contributed by atoms with van der Waals surface area (Å²) in [4.78, 5) is 2.20. The molecule has 0 fully saturated rings. The summed E-state index contributed by atoms with van der Waals surface area (Å²) in [5, 5.41) is 9.08. The van der Waals surface area contributed by atoms with E-state index >= 15 is 0 Å². The Morgan fingerprint density at radius 1 is 1.78 bits per heavy atom. The maximum atomic E-state index is 9.08. The van der Waals surface area contributed by atoms with E-state index < -0.39 is 0 Å². The molecule has 0 saturated heterocycles. The molecule has 1 heterocycles. The smallest absolute Gasteiger partial charge is 0.0848 e. The number of β-amino-alcohol motifs (C(OH)–C–C–N with tert-alkyl or cyclic N) is 1. The molecule has 0 saturated carbocycles. The van der Waals surface area contributed by atoms with Crippen molar-refractivity contribution in [1.29, 1.82) is 0 Å². The highest BCUT2D eigenvalue weighted by Crippen LogP contribution is 2.00. The number of aliphatic hydroxyl groups excluding tert-OH is 1. The molecule has 1 aliphatic rings. The van der Waals surface area contributed by atoms with Gasteiger partial charge in [-0.15, -0.1) is 0 Å². The maximum Gasteiger partial charge on any atom is 0.0848 e. The predicted octanol–water partition coefficient (Wildman–Crippen LogP) is 0.239. The van der Waals surface area contributed by atoms with Crippen LogP contribution < -0.4 is 0 Å². The first-order chi connectivity index (χ1) is 4.33. The van der Waals surface area contributed by atoms with E-state index in [1.54, 1.807) is 0 Å². The molecule has 1 rings (SSSR count). The third kappa shape index (κ3) is 1.80. The maximum absolute atomic E-state index is 9.08. The van der Waals surface area contributed by atoms with Crippen molar-refractivity contribution in [3.8, 4) is 0 Å². The molecule has 2 heteroatoms. The average molecular weight is 127 g/mol. The monoisotopic (exact) mass is 127 g/mol. The molecular weight excluding hydrogens is 114 g/mol. The molecule has 2 nitrogen and oxygen atoms in total. The molecule has 1 N–H and O–H groups in total. The Balaban J connectivity index is 2.38. The summed E-state index contributed by atoms with van der Waals surface area (Å²) in [5.74, 6) is 0. The highest BCUT2D eigenvalue weighted by atomic mass is 16.3. The fraction of sp³-hybridized carbons (Fsp3) is 0.714. The van der Waals surface area contributed by atoms with Crippen LogP contribution in [0.4, 0.5) is 0 Å². The van der Waals surface area contributed by atoms with E-state index in [9.17, 15) is 0 Å². The summed E-state index contributed by atoms with van der Waals surface area (Å²) in [6.45, 7) is 4.92. The summed E-state index contributed by atoms with van der Waals surface area (Å²) >= 11 is 0. The molecule has 1 aliphatic heterocycles. The Morgan fingerprint density at radius 2 is 2.56 bits per heavy atom. The van der Waals surface area contributed by atoms with E-state index in [1.807, 2.05) is 12.2 Å². The molecule has 0 aromatic rings. The van der Waals surface area contributed by atoms with E-state index in [0.29, 0.717) is 0 Å². The van der Waals surface area contributed by atoms with Crippen molar-refractivity contribution < 1.29 is 5.11 Å². The van der Waals surface area contributed by atoms with Crippen molar-refractivity contribution in [2.45, 2.75) is 13.0 Å². The molecule has 52 valence electrons. The van der Waals surface area contributed by atoms with Gasteiger partial charge in [0.15, 0.2) is 0 Å². The van der Waals surface area contributed by atoms with Gasteiger partial charge in [0.2, 0.25) is 0 Å². The van der Waals surface area contributed by atoms with E-state index in [1.165, 1.54) is 0 Å². The molecule has 0 spiro atoms. The summed E-state index contributed by atoms with van der Waals surface area (Å²) < 4.78 is 0. The third-order valence-electron chi connectivity index (χ3n) is 1.61. The van der Waals surface area contributed by atoms with E-state index in [2.05, 4.69) is 11.8 Å². The molecule has 0 radical (unpaired) electrons. The Bertz CT molecular complexity index is 111. The fourth-order valence-electron chi connectivity index (χ4n) is 1.03. The van der Waals surface area contributed by atoms with Crippen LogP contribution in [0.3, 0.4) is 0 Å². The van der Waals surface area contributed by atoms with Gasteiger partial charge in [0.25, 0.3) is 0 Å². The van der Waals surface area contributed by atoms with Gasteiger partial charge >= 0.3 is 0 Å². The van der Waals surface area contributed by atoms with E-state index in [0.717, 1.165) is 19.6 Å². The largest absolute Gasteiger partial charge is 0.388 e. The van der Waals surface area contributed by atoms with Crippen LogP contribution in [0, 0.1) is 0 Å². The van der Waals surface area contributed by atoms with Crippen molar-refractivity contribution in [2.75, 3.05) is 19.6 Å². The van der Waals surface area contributed by atoms with Crippen LogP contribution in [0.1, 0.15) is 6.92 Å². The second kappa shape index (κ2) is 2.99. The molecule has 1 unspecified atom stereocenters. The lowest BCUT2D eigenvalue weighted by molar-refractivity contribution is 0.148. The van der Waals surface area contributed by atoms with Crippen molar-refractivity contribution in [3.05, 3.63) is 12.2 Å². The predicted molar refractivity (Wildman–Crippen MR) is 37.3 cm³/mol. The Morgan fingerprint density at radius 3 is 3.00 bits per heavy atom.